The second kappa shape index (κ2) is 5.95. The summed E-state index contributed by atoms with van der Waals surface area (Å²) in [6.07, 6.45) is 7.77. The molecule has 2 nitrogen and oxygen atoms in total. The molecular weight excluding hydrogens is 164 g/mol. The highest BCUT2D eigenvalue weighted by atomic mass is 16.5. The predicted octanol–water partition coefficient (Wildman–Crippen LogP) is 2.31. The molecule has 2 heteroatoms. The highest BCUT2D eigenvalue weighted by Crippen LogP contribution is 2.20. The second-order valence-electron chi connectivity index (χ2n) is 3.24. The molecule has 0 N–H and O–H groups in total. The Kier molecular flexibility index (Phi) is 4.79. The first-order valence-corrected chi connectivity index (χ1v) is 4.79. The van der Waals surface area contributed by atoms with Crippen LogP contribution < -0.4 is 0 Å². The summed E-state index contributed by atoms with van der Waals surface area (Å²) in [7, 11) is 1.69. The van der Waals surface area contributed by atoms with E-state index < -0.39 is 0 Å². The molecule has 0 bridgehead atoms. The van der Waals surface area contributed by atoms with Crippen molar-refractivity contribution in [3.05, 3.63) is 24.3 Å². The Labute approximate surface area is 80.2 Å². The standard InChI is InChI=1S/C11H18O2/c1-3-10-4-6-11(7-5-10)13-9-8-12-2/h3-4,11H,1,5-9H2,2H3. The van der Waals surface area contributed by atoms with Gasteiger partial charge in [-0.25, -0.2) is 0 Å². The van der Waals surface area contributed by atoms with E-state index in [0.717, 1.165) is 19.3 Å². The van der Waals surface area contributed by atoms with Gasteiger partial charge in [-0.05, 0) is 19.3 Å². The van der Waals surface area contributed by atoms with E-state index in [2.05, 4.69) is 12.7 Å². The Morgan fingerprint density at radius 2 is 2.46 bits per heavy atom. The number of rotatable bonds is 5. The van der Waals surface area contributed by atoms with E-state index in [1.807, 2.05) is 6.08 Å². The van der Waals surface area contributed by atoms with Gasteiger partial charge in [-0.2, -0.15) is 0 Å². The van der Waals surface area contributed by atoms with Crippen LogP contribution in [0.1, 0.15) is 19.3 Å². The second-order valence-corrected chi connectivity index (χ2v) is 3.24. The van der Waals surface area contributed by atoms with Gasteiger partial charge in [0.1, 0.15) is 0 Å². The van der Waals surface area contributed by atoms with Crippen LogP contribution in [0, 0.1) is 0 Å². The van der Waals surface area contributed by atoms with E-state index in [1.165, 1.54) is 5.57 Å². The maximum atomic E-state index is 5.61. The van der Waals surface area contributed by atoms with Crippen LogP contribution >= 0.6 is 0 Å². The zero-order chi connectivity index (χ0) is 9.52. The highest BCUT2D eigenvalue weighted by molar-refractivity contribution is 5.18. The van der Waals surface area contributed by atoms with E-state index in [9.17, 15) is 0 Å². The van der Waals surface area contributed by atoms with Crippen molar-refractivity contribution in [2.75, 3.05) is 20.3 Å². The van der Waals surface area contributed by atoms with Crippen molar-refractivity contribution in [2.45, 2.75) is 25.4 Å². The van der Waals surface area contributed by atoms with Gasteiger partial charge in [0.25, 0.3) is 0 Å². The first kappa shape index (κ1) is 10.5. The van der Waals surface area contributed by atoms with Crippen LogP contribution in [0.4, 0.5) is 0 Å². The van der Waals surface area contributed by atoms with Crippen LogP contribution in [0.15, 0.2) is 24.3 Å². The first-order valence-electron chi connectivity index (χ1n) is 4.79. The third kappa shape index (κ3) is 3.75. The Morgan fingerprint density at radius 3 is 3.00 bits per heavy atom. The number of allylic oxidation sites excluding steroid dienone is 2. The van der Waals surface area contributed by atoms with Gasteiger partial charge in [0.15, 0.2) is 0 Å². The zero-order valence-corrected chi connectivity index (χ0v) is 8.29. The van der Waals surface area contributed by atoms with Crippen LogP contribution in [0.5, 0.6) is 0 Å². The molecule has 0 aromatic carbocycles. The summed E-state index contributed by atoms with van der Waals surface area (Å²) >= 11 is 0. The van der Waals surface area contributed by atoms with Crippen LogP contribution in [0.3, 0.4) is 0 Å². The predicted molar refractivity (Wildman–Crippen MR) is 53.7 cm³/mol. The lowest BCUT2D eigenvalue weighted by molar-refractivity contribution is 0.0130. The fourth-order valence-corrected chi connectivity index (χ4v) is 1.47. The Balaban J connectivity index is 2.17. The third-order valence-corrected chi connectivity index (χ3v) is 2.30. The molecule has 1 aliphatic rings. The molecule has 1 unspecified atom stereocenters. The molecule has 0 aliphatic heterocycles. The van der Waals surface area contributed by atoms with Crippen molar-refractivity contribution in [2.24, 2.45) is 0 Å². The maximum Gasteiger partial charge on any atom is 0.0704 e. The normalized spacial score (nSPS) is 22.5. The molecule has 1 rings (SSSR count). The van der Waals surface area contributed by atoms with Gasteiger partial charge in [0.2, 0.25) is 0 Å². The maximum absolute atomic E-state index is 5.61. The molecule has 0 fully saturated rings. The van der Waals surface area contributed by atoms with Gasteiger partial charge >= 0.3 is 0 Å². The molecule has 0 saturated heterocycles. The lowest BCUT2D eigenvalue weighted by atomic mass is 9.97. The minimum absolute atomic E-state index is 0.388. The SMILES string of the molecule is C=CC1=CCC(OCCOC)CC1. The van der Waals surface area contributed by atoms with Crippen LogP contribution in [-0.2, 0) is 9.47 Å². The highest BCUT2D eigenvalue weighted by Gasteiger charge is 2.12. The average Bonchev–Trinajstić information content (AvgIpc) is 2.19. The molecule has 0 amide bonds. The van der Waals surface area contributed by atoms with Crippen molar-refractivity contribution in [3.63, 3.8) is 0 Å². The largest absolute Gasteiger partial charge is 0.382 e. The number of hydrogen-bond donors (Lipinski definition) is 0. The summed E-state index contributed by atoms with van der Waals surface area (Å²) in [5.41, 5.74) is 1.35. The van der Waals surface area contributed by atoms with Crippen LogP contribution in [0.25, 0.3) is 0 Å². The van der Waals surface area contributed by atoms with Crippen molar-refractivity contribution in [1.29, 1.82) is 0 Å². The lowest BCUT2D eigenvalue weighted by Crippen LogP contribution is -2.18. The smallest absolute Gasteiger partial charge is 0.0704 e. The topological polar surface area (TPSA) is 18.5 Å². The minimum Gasteiger partial charge on any atom is -0.382 e. The summed E-state index contributed by atoms with van der Waals surface area (Å²) < 4.78 is 10.5. The molecule has 13 heavy (non-hydrogen) atoms. The Hall–Kier alpha value is -0.600. The minimum atomic E-state index is 0.388. The fourth-order valence-electron chi connectivity index (χ4n) is 1.47. The van der Waals surface area contributed by atoms with Crippen molar-refractivity contribution >= 4 is 0 Å². The molecule has 74 valence electrons. The fraction of sp³-hybridized carbons (Fsp3) is 0.636. The number of methoxy groups -OCH3 is 1. The molecule has 1 aliphatic carbocycles. The van der Waals surface area contributed by atoms with Gasteiger partial charge in [-0.1, -0.05) is 24.3 Å². The Morgan fingerprint density at radius 1 is 1.62 bits per heavy atom. The first-order chi connectivity index (χ1) is 6.36. The van der Waals surface area contributed by atoms with Gasteiger partial charge in [-0.15, -0.1) is 0 Å². The molecule has 0 aromatic rings. The molecule has 0 saturated carbocycles. The molecule has 0 radical (unpaired) electrons. The van der Waals surface area contributed by atoms with E-state index in [4.69, 9.17) is 9.47 Å². The average molecular weight is 182 g/mol. The van der Waals surface area contributed by atoms with Gasteiger partial charge < -0.3 is 9.47 Å². The quantitative estimate of drug-likeness (QED) is 0.607. The monoisotopic (exact) mass is 182 g/mol. The summed E-state index contributed by atoms with van der Waals surface area (Å²) in [4.78, 5) is 0. The molecule has 0 spiro atoms. The summed E-state index contributed by atoms with van der Waals surface area (Å²) in [6.45, 7) is 5.15. The summed E-state index contributed by atoms with van der Waals surface area (Å²) in [6, 6.07) is 0. The molecule has 1 atom stereocenters. The zero-order valence-electron chi connectivity index (χ0n) is 8.29. The lowest BCUT2D eigenvalue weighted by Gasteiger charge is -2.20. The van der Waals surface area contributed by atoms with Gasteiger partial charge in [-0.3, -0.25) is 0 Å². The van der Waals surface area contributed by atoms with Gasteiger partial charge in [0.05, 0.1) is 19.3 Å². The van der Waals surface area contributed by atoms with Gasteiger partial charge in [0, 0.05) is 7.11 Å². The van der Waals surface area contributed by atoms with Crippen molar-refractivity contribution < 1.29 is 9.47 Å². The molecule has 0 aromatic heterocycles. The van der Waals surface area contributed by atoms with Crippen molar-refractivity contribution in [3.8, 4) is 0 Å². The van der Waals surface area contributed by atoms with E-state index >= 15 is 0 Å². The molecule has 0 heterocycles. The van der Waals surface area contributed by atoms with E-state index in [-0.39, 0.29) is 0 Å². The van der Waals surface area contributed by atoms with Crippen molar-refractivity contribution in [1.82, 2.24) is 0 Å². The summed E-state index contributed by atoms with van der Waals surface area (Å²) in [5, 5.41) is 0. The van der Waals surface area contributed by atoms with Crippen LogP contribution in [0.2, 0.25) is 0 Å². The van der Waals surface area contributed by atoms with Crippen LogP contribution in [-0.4, -0.2) is 26.4 Å². The Bertz CT molecular complexity index is 185. The molecular formula is C11H18O2. The third-order valence-electron chi connectivity index (χ3n) is 2.30. The number of hydrogen-bond acceptors (Lipinski definition) is 2. The number of ether oxygens (including phenoxy) is 2. The summed E-state index contributed by atoms with van der Waals surface area (Å²) in [5.74, 6) is 0. The van der Waals surface area contributed by atoms with E-state index in [1.54, 1.807) is 7.11 Å². The van der Waals surface area contributed by atoms with E-state index in [0.29, 0.717) is 19.3 Å².